The Bertz CT molecular complexity index is 955. The van der Waals surface area contributed by atoms with Gasteiger partial charge in [0.2, 0.25) is 11.9 Å². The van der Waals surface area contributed by atoms with Crippen LogP contribution < -0.4 is 16.4 Å². The van der Waals surface area contributed by atoms with Crippen LogP contribution in [0.15, 0.2) is 30.7 Å². The molecule has 9 heteroatoms. The SMILES string of the molecule is NC(=O)[C@H]1C[C@@H](O)CN1c1ccnc2[nH]cc(-c3ccnc(N)n3)c12. The molecule has 25 heavy (non-hydrogen) atoms. The molecule has 4 heterocycles. The van der Waals surface area contributed by atoms with Gasteiger partial charge in [0.1, 0.15) is 11.7 Å². The van der Waals surface area contributed by atoms with Gasteiger partial charge in [-0.3, -0.25) is 4.79 Å². The molecular weight excluding hydrogens is 322 g/mol. The first-order valence-corrected chi connectivity index (χ1v) is 7.83. The summed E-state index contributed by atoms with van der Waals surface area (Å²) in [6.45, 7) is 0.323. The third-order valence-corrected chi connectivity index (χ3v) is 4.42. The maximum Gasteiger partial charge on any atom is 0.240 e. The standard InChI is InChI=1S/C16H17N7O2/c17-14(25)12-5-8(24)7-23(12)11-2-4-19-15-13(11)9(6-21-15)10-1-3-20-16(18)22-10/h1-4,6,8,12,24H,5,7H2,(H2,17,25)(H,19,21)(H2,18,20,22)/t8-,12-/m1/s1. The van der Waals surface area contributed by atoms with Crippen LogP contribution in [0.1, 0.15) is 6.42 Å². The predicted molar refractivity (Wildman–Crippen MR) is 92.5 cm³/mol. The number of H-pyrrole nitrogens is 1. The molecule has 1 saturated heterocycles. The number of carbonyl (C=O) groups is 1. The number of primary amides is 1. The number of aliphatic hydroxyl groups excluding tert-OH is 1. The Hall–Kier alpha value is -3.20. The van der Waals surface area contributed by atoms with Crippen molar-refractivity contribution in [3.63, 3.8) is 0 Å². The first-order chi connectivity index (χ1) is 12.0. The molecule has 0 radical (unpaired) electrons. The third-order valence-electron chi connectivity index (χ3n) is 4.42. The Kier molecular flexibility index (Phi) is 3.50. The van der Waals surface area contributed by atoms with Crippen molar-refractivity contribution in [3.05, 3.63) is 30.7 Å². The van der Waals surface area contributed by atoms with Crippen molar-refractivity contribution in [2.75, 3.05) is 17.2 Å². The van der Waals surface area contributed by atoms with Crippen LogP contribution in [0.25, 0.3) is 22.3 Å². The molecule has 3 aromatic rings. The summed E-state index contributed by atoms with van der Waals surface area (Å²) >= 11 is 0. The molecule has 0 aliphatic carbocycles. The lowest BCUT2D eigenvalue weighted by Gasteiger charge is -2.25. The number of aliphatic hydroxyl groups is 1. The van der Waals surface area contributed by atoms with Gasteiger partial charge in [-0.2, -0.15) is 0 Å². The molecule has 4 rings (SSSR count). The summed E-state index contributed by atoms with van der Waals surface area (Å²) < 4.78 is 0. The van der Waals surface area contributed by atoms with E-state index in [1.165, 1.54) is 0 Å². The van der Waals surface area contributed by atoms with Crippen LogP contribution in [0.5, 0.6) is 0 Å². The molecule has 1 amide bonds. The maximum atomic E-state index is 11.8. The molecule has 3 aromatic heterocycles. The minimum absolute atomic E-state index is 0.170. The van der Waals surface area contributed by atoms with Gasteiger partial charge >= 0.3 is 0 Å². The lowest BCUT2D eigenvalue weighted by molar-refractivity contribution is -0.119. The molecule has 0 aromatic carbocycles. The van der Waals surface area contributed by atoms with Gasteiger partial charge in [0.15, 0.2) is 0 Å². The number of nitrogens with zero attached hydrogens (tertiary/aromatic N) is 4. The summed E-state index contributed by atoms with van der Waals surface area (Å²) in [4.78, 5) is 29.2. The quantitative estimate of drug-likeness (QED) is 0.526. The number of aromatic nitrogens is 4. The number of β-amino-alcohol motifs (C(OH)–C–C–N with tert-alkyl or cyclic N) is 1. The average Bonchev–Trinajstić information content (AvgIpc) is 3.18. The van der Waals surface area contributed by atoms with Crippen LogP contribution in [0.3, 0.4) is 0 Å². The van der Waals surface area contributed by atoms with Crippen LogP contribution in [-0.4, -0.2) is 49.6 Å². The highest BCUT2D eigenvalue weighted by Crippen LogP contribution is 2.37. The summed E-state index contributed by atoms with van der Waals surface area (Å²) in [6.07, 6.45) is 4.71. The van der Waals surface area contributed by atoms with Crippen LogP contribution >= 0.6 is 0 Å². The van der Waals surface area contributed by atoms with E-state index < -0.39 is 18.1 Å². The zero-order valence-corrected chi connectivity index (χ0v) is 13.3. The first kappa shape index (κ1) is 15.3. The van der Waals surface area contributed by atoms with Gasteiger partial charge < -0.3 is 26.5 Å². The first-order valence-electron chi connectivity index (χ1n) is 7.83. The van der Waals surface area contributed by atoms with E-state index in [9.17, 15) is 9.90 Å². The summed E-state index contributed by atoms with van der Waals surface area (Å²) in [5, 5.41) is 10.8. The van der Waals surface area contributed by atoms with Crippen molar-refractivity contribution in [1.82, 2.24) is 19.9 Å². The number of nitrogens with one attached hydrogen (secondary N) is 1. The Balaban J connectivity index is 1.90. The Morgan fingerprint density at radius 3 is 2.88 bits per heavy atom. The minimum Gasteiger partial charge on any atom is -0.391 e. The van der Waals surface area contributed by atoms with E-state index in [-0.39, 0.29) is 5.95 Å². The highest BCUT2D eigenvalue weighted by molar-refractivity contribution is 6.03. The monoisotopic (exact) mass is 339 g/mol. The second-order valence-corrected chi connectivity index (χ2v) is 6.02. The van der Waals surface area contributed by atoms with Crippen LogP contribution in [0.4, 0.5) is 11.6 Å². The number of aromatic amines is 1. The lowest BCUT2D eigenvalue weighted by Crippen LogP contribution is -2.40. The fraction of sp³-hybridized carbons (Fsp3) is 0.250. The fourth-order valence-electron chi connectivity index (χ4n) is 3.35. The van der Waals surface area contributed by atoms with E-state index in [2.05, 4.69) is 19.9 Å². The molecule has 0 unspecified atom stereocenters. The third kappa shape index (κ3) is 2.54. The minimum atomic E-state index is -0.613. The summed E-state index contributed by atoms with van der Waals surface area (Å²) in [5.74, 6) is -0.297. The number of amides is 1. The number of carbonyl (C=O) groups excluding carboxylic acids is 1. The Morgan fingerprint density at radius 1 is 1.32 bits per heavy atom. The number of anilines is 2. The van der Waals surface area contributed by atoms with Gasteiger partial charge in [0, 0.05) is 37.1 Å². The topological polar surface area (TPSA) is 147 Å². The molecule has 128 valence electrons. The molecule has 1 aliphatic heterocycles. The second kappa shape index (κ2) is 5.71. The number of nitrogens with two attached hydrogens (primary N) is 2. The number of pyridine rings is 1. The van der Waals surface area contributed by atoms with Crippen molar-refractivity contribution in [2.24, 2.45) is 5.73 Å². The molecule has 6 N–H and O–H groups in total. The number of rotatable bonds is 3. The molecule has 0 saturated carbocycles. The van der Waals surface area contributed by atoms with E-state index in [0.717, 1.165) is 16.6 Å². The zero-order valence-electron chi connectivity index (χ0n) is 13.3. The van der Waals surface area contributed by atoms with Crippen molar-refractivity contribution in [2.45, 2.75) is 18.6 Å². The van der Waals surface area contributed by atoms with Gasteiger partial charge in [0.25, 0.3) is 0 Å². The van der Waals surface area contributed by atoms with Crippen LogP contribution in [0.2, 0.25) is 0 Å². The van der Waals surface area contributed by atoms with E-state index >= 15 is 0 Å². The molecule has 1 fully saturated rings. The molecular formula is C16H17N7O2. The van der Waals surface area contributed by atoms with Crippen molar-refractivity contribution in [3.8, 4) is 11.3 Å². The van der Waals surface area contributed by atoms with E-state index in [1.807, 2.05) is 4.90 Å². The predicted octanol–water partition coefficient (Wildman–Crippen LogP) is 0.0270. The molecule has 2 atom stereocenters. The highest BCUT2D eigenvalue weighted by atomic mass is 16.3. The fourth-order valence-corrected chi connectivity index (χ4v) is 3.35. The molecule has 9 nitrogen and oxygen atoms in total. The highest BCUT2D eigenvalue weighted by Gasteiger charge is 2.36. The summed E-state index contributed by atoms with van der Waals surface area (Å²) in [7, 11) is 0. The number of hydrogen-bond acceptors (Lipinski definition) is 7. The number of fused-ring (bicyclic) bond motifs is 1. The van der Waals surface area contributed by atoms with Gasteiger partial charge in [0.05, 0.1) is 22.9 Å². The second-order valence-electron chi connectivity index (χ2n) is 6.02. The lowest BCUT2D eigenvalue weighted by atomic mass is 10.1. The Labute approximate surface area is 142 Å². The van der Waals surface area contributed by atoms with E-state index in [0.29, 0.717) is 24.3 Å². The molecule has 1 aliphatic rings. The maximum absolute atomic E-state index is 11.8. The number of nitrogen functional groups attached to an aromatic ring is 1. The van der Waals surface area contributed by atoms with Gasteiger partial charge in [-0.05, 0) is 12.1 Å². The number of hydrogen-bond donors (Lipinski definition) is 4. The van der Waals surface area contributed by atoms with Crippen LogP contribution in [-0.2, 0) is 4.79 Å². The van der Waals surface area contributed by atoms with Crippen molar-refractivity contribution >= 4 is 28.6 Å². The Morgan fingerprint density at radius 2 is 2.12 bits per heavy atom. The summed E-state index contributed by atoms with van der Waals surface area (Å²) in [5.41, 5.74) is 14.1. The largest absolute Gasteiger partial charge is 0.391 e. The van der Waals surface area contributed by atoms with Crippen molar-refractivity contribution in [1.29, 1.82) is 0 Å². The van der Waals surface area contributed by atoms with Gasteiger partial charge in [-0.15, -0.1) is 0 Å². The molecule has 0 spiro atoms. The zero-order chi connectivity index (χ0) is 17.6. The van der Waals surface area contributed by atoms with Crippen LogP contribution in [0, 0.1) is 0 Å². The smallest absolute Gasteiger partial charge is 0.240 e. The summed E-state index contributed by atoms with van der Waals surface area (Å²) in [6, 6.07) is 2.98. The molecule has 0 bridgehead atoms. The van der Waals surface area contributed by atoms with E-state index in [4.69, 9.17) is 11.5 Å². The van der Waals surface area contributed by atoms with E-state index in [1.54, 1.807) is 30.7 Å². The van der Waals surface area contributed by atoms with Crippen molar-refractivity contribution < 1.29 is 9.90 Å². The van der Waals surface area contributed by atoms with Gasteiger partial charge in [-0.1, -0.05) is 0 Å². The van der Waals surface area contributed by atoms with Gasteiger partial charge in [-0.25, -0.2) is 15.0 Å². The average molecular weight is 339 g/mol. The normalized spacial score (nSPS) is 20.3.